The molecule has 0 radical (unpaired) electrons. The number of aliphatic hydroxyl groups excluding tert-OH is 1. The molecular formula is C14H23NO. The molecule has 90 valence electrons. The number of aryl methyl sites for hydroxylation is 2. The van der Waals surface area contributed by atoms with Crippen LogP contribution in [0.1, 0.15) is 42.6 Å². The maximum absolute atomic E-state index is 10.3. The summed E-state index contributed by atoms with van der Waals surface area (Å²) in [4.78, 5) is 0. The van der Waals surface area contributed by atoms with Crippen LogP contribution in [-0.2, 0) is 0 Å². The standard InChI is InChI=1S/C14H23NO/c1-4-5-12(9-15)14(16)13-7-6-10(2)8-11(13)3/h6-8,12,14,16H,4-5,9,15H2,1-3H3. The van der Waals surface area contributed by atoms with Gasteiger partial charge in [-0.25, -0.2) is 0 Å². The van der Waals surface area contributed by atoms with Gasteiger partial charge in [-0.2, -0.15) is 0 Å². The molecule has 2 unspecified atom stereocenters. The van der Waals surface area contributed by atoms with Gasteiger partial charge in [-0.05, 0) is 37.9 Å². The maximum Gasteiger partial charge on any atom is 0.0832 e. The van der Waals surface area contributed by atoms with Gasteiger partial charge in [0.15, 0.2) is 0 Å². The van der Waals surface area contributed by atoms with E-state index in [4.69, 9.17) is 5.73 Å². The zero-order valence-corrected chi connectivity index (χ0v) is 10.5. The van der Waals surface area contributed by atoms with Gasteiger partial charge in [0.2, 0.25) is 0 Å². The van der Waals surface area contributed by atoms with Crippen LogP contribution in [-0.4, -0.2) is 11.7 Å². The van der Waals surface area contributed by atoms with Crippen LogP contribution >= 0.6 is 0 Å². The highest BCUT2D eigenvalue weighted by molar-refractivity contribution is 5.32. The monoisotopic (exact) mass is 221 g/mol. The lowest BCUT2D eigenvalue weighted by atomic mass is 9.89. The first-order chi connectivity index (χ1) is 7.60. The number of nitrogens with two attached hydrogens (primary N) is 1. The Morgan fingerprint density at radius 2 is 2.00 bits per heavy atom. The van der Waals surface area contributed by atoms with Gasteiger partial charge in [0, 0.05) is 5.92 Å². The van der Waals surface area contributed by atoms with Crippen molar-refractivity contribution in [2.24, 2.45) is 11.7 Å². The normalized spacial score (nSPS) is 14.8. The molecule has 0 bridgehead atoms. The fourth-order valence-electron chi connectivity index (χ4n) is 2.19. The minimum absolute atomic E-state index is 0.173. The zero-order valence-electron chi connectivity index (χ0n) is 10.5. The molecule has 1 rings (SSSR count). The van der Waals surface area contributed by atoms with Gasteiger partial charge in [-0.1, -0.05) is 37.1 Å². The summed E-state index contributed by atoms with van der Waals surface area (Å²) >= 11 is 0. The van der Waals surface area contributed by atoms with Crippen molar-refractivity contribution in [2.45, 2.75) is 39.7 Å². The highest BCUT2D eigenvalue weighted by Gasteiger charge is 2.20. The molecule has 2 heteroatoms. The Hall–Kier alpha value is -0.860. The van der Waals surface area contributed by atoms with Gasteiger partial charge < -0.3 is 10.8 Å². The van der Waals surface area contributed by atoms with Crippen molar-refractivity contribution in [3.63, 3.8) is 0 Å². The molecule has 2 atom stereocenters. The van der Waals surface area contributed by atoms with Gasteiger partial charge in [-0.3, -0.25) is 0 Å². The quantitative estimate of drug-likeness (QED) is 0.803. The molecule has 0 saturated heterocycles. The van der Waals surface area contributed by atoms with Crippen molar-refractivity contribution in [3.8, 4) is 0 Å². The zero-order chi connectivity index (χ0) is 12.1. The third-order valence-corrected chi connectivity index (χ3v) is 3.15. The first kappa shape index (κ1) is 13.2. The number of hydrogen-bond donors (Lipinski definition) is 2. The fraction of sp³-hybridized carbons (Fsp3) is 0.571. The molecule has 0 aliphatic heterocycles. The molecule has 2 nitrogen and oxygen atoms in total. The van der Waals surface area contributed by atoms with Crippen molar-refractivity contribution >= 4 is 0 Å². The van der Waals surface area contributed by atoms with Crippen LogP contribution in [0.3, 0.4) is 0 Å². The maximum atomic E-state index is 10.3. The summed E-state index contributed by atoms with van der Waals surface area (Å²) in [5.41, 5.74) is 9.12. The van der Waals surface area contributed by atoms with Crippen molar-refractivity contribution in [1.29, 1.82) is 0 Å². The van der Waals surface area contributed by atoms with E-state index in [9.17, 15) is 5.11 Å². The van der Waals surface area contributed by atoms with E-state index < -0.39 is 6.10 Å². The summed E-state index contributed by atoms with van der Waals surface area (Å²) in [6, 6.07) is 6.18. The molecule has 0 aliphatic rings. The van der Waals surface area contributed by atoms with E-state index >= 15 is 0 Å². The average Bonchev–Trinajstić information content (AvgIpc) is 2.25. The predicted molar refractivity (Wildman–Crippen MR) is 68.3 cm³/mol. The summed E-state index contributed by atoms with van der Waals surface area (Å²) in [6.07, 6.45) is 1.61. The molecule has 0 aliphatic carbocycles. The highest BCUT2D eigenvalue weighted by Crippen LogP contribution is 2.27. The Labute approximate surface area is 98.5 Å². The van der Waals surface area contributed by atoms with Gasteiger partial charge in [0.05, 0.1) is 6.10 Å². The fourth-order valence-corrected chi connectivity index (χ4v) is 2.19. The first-order valence-electron chi connectivity index (χ1n) is 6.05. The molecule has 1 aromatic rings. The molecule has 0 spiro atoms. The van der Waals surface area contributed by atoms with E-state index in [0.29, 0.717) is 6.54 Å². The van der Waals surface area contributed by atoms with Gasteiger partial charge >= 0.3 is 0 Å². The van der Waals surface area contributed by atoms with Gasteiger partial charge in [0.25, 0.3) is 0 Å². The smallest absolute Gasteiger partial charge is 0.0832 e. The molecule has 16 heavy (non-hydrogen) atoms. The lowest BCUT2D eigenvalue weighted by Crippen LogP contribution is -2.22. The Morgan fingerprint density at radius 3 is 2.50 bits per heavy atom. The Bertz CT molecular complexity index is 336. The molecule has 0 amide bonds. The molecule has 1 aromatic carbocycles. The second-order valence-corrected chi connectivity index (χ2v) is 4.59. The van der Waals surface area contributed by atoms with Crippen molar-refractivity contribution in [3.05, 3.63) is 34.9 Å². The molecule has 3 N–H and O–H groups in total. The van der Waals surface area contributed by atoms with Gasteiger partial charge in [-0.15, -0.1) is 0 Å². The number of hydrogen-bond acceptors (Lipinski definition) is 2. The van der Waals surface area contributed by atoms with E-state index in [1.807, 2.05) is 19.1 Å². The van der Waals surface area contributed by atoms with Crippen molar-refractivity contribution in [1.82, 2.24) is 0 Å². The topological polar surface area (TPSA) is 46.2 Å². The molecule has 0 saturated carbocycles. The lowest BCUT2D eigenvalue weighted by Gasteiger charge is -2.23. The summed E-state index contributed by atoms with van der Waals surface area (Å²) < 4.78 is 0. The van der Waals surface area contributed by atoms with E-state index in [-0.39, 0.29) is 5.92 Å². The third-order valence-electron chi connectivity index (χ3n) is 3.15. The van der Waals surface area contributed by atoms with Crippen LogP contribution in [0.2, 0.25) is 0 Å². The van der Waals surface area contributed by atoms with Crippen LogP contribution in [0.5, 0.6) is 0 Å². The summed E-state index contributed by atoms with van der Waals surface area (Å²) in [5.74, 6) is 0.173. The number of aliphatic hydroxyl groups is 1. The van der Waals surface area contributed by atoms with Crippen LogP contribution in [0.15, 0.2) is 18.2 Å². The van der Waals surface area contributed by atoms with Crippen molar-refractivity contribution < 1.29 is 5.11 Å². The Balaban J connectivity index is 2.89. The van der Waals surface area contributed by atoms with Crippen LogP contribution in [0, 0.1) is 19.8 Å². The second kappa shape index (κ2) is 6.02. The minimum Gasteiger partial charge on any atom is -0.388 e. The largest absolute Gasteiger partial charge is 0.388 e. The molecule has 0 heterocycles. The molecular weight excluding hydrogens is 198 g/mol. The number of benzene rings is 1. The first-order valence-corrected chi connectivity index (χ1v) is 6.05. The summed E-state index contributed by atoms with van der Waals surface area (Å²) in [7, 11) is 0. The second-order valence-electron chi connectivity index (χ2n) is 4.59. The average molecular weight is 221 g/mol. The predicted octanol–water partition coefficient (Wildman–Crippen LogP) is 2.71. The summed E-state index contributed by atoms with van der Waals surface area (Å²) in [6.45, 7) is 6.78. The Kier molecular flexibility index (Phi) is 4.97. The molecule has 0 fully saturated rings. The van der Waals surface area contributed by atoms with Crippen LogP contribution in [0.4, 0.5) is 0 Å². The lowest BCUT2D eigenvalue weighted by molar-refractivity contribution is 0.106. The molecule has 0 aromatic heterocycles. The minimum atomic E-state index is -0.425. The highest BCUT2D eigenvalue weighted by atomic mass is 16.3. The van der Waals surface area contributed by atoms with E-state index in [1.54, 1.807) is 0 Å². The van der Waals surface area contributed by atoms with Crippen molar-refractivity contribution in [2.75, 3.05) is 6.54 Å². The van der Waals surface area contributed by atoms with Crippen LogP contribution in [0.25, 0.3) is 0 Å². The van der Waals surface area contributed by atoms with E-state index in [2.05, 4.69) is 19.9 Å². The summed E-state index contributed by atoms with van der Waals surface area (Å²) in [5, 5.41) is 10.3. The number of rotatable bonds is 5. The van der Waals surface area contributed by atoms with Crippen LogP contribution < -0.4 is 5.73 Å². The SMILES string of the molecule is CCCC(CN)C(O)c1ccc(C)cc1C. The van der Waals surface area contributed by atoms with E-state index in [1.165, 1.54) is 5.56 Å². The van der Waals surface area contributed by atoms with E-state index in [0.717, 1.165) is 24.0 Å². The van der Waals surface area contributed by atoms with Gasteiger partial charge in [0.1, 0.15) is 0 Å². The Morgan fingerprint density at radius 1 is 1.31 bits per heavy atom. The third kappa shape index (κ3) is 3.06.